The molecular weight excluding hydrogens is 202 g/mol. The number of halogens is 2. The molecule has 1 aliphatic heterocycles. The Morgan fingerprint density at radius 1 is 1.33 bits per heavy atom. The molecule has 2 rings (SSSR count). The van der Waals surface area contributed by atoms with Gasteiger partial charge in [0, 0.05) is 18.7 Å². The molecule has 1 fully saturated rings. The summed E-state index contributed by atoms with van der Waals surface area (Å²) in [6.45, 7) is 1.20. The highest BCUT2D eigenvalue weighted by atomic mass is 19.1. The van der Waals surface area contributed by atoms with E-state index in [1.807, 2.05) is 6.07 Å². The van der Waals surface area contributed by atoms with Crippen LogP contribution in [0.5, 0.6) is 5.75 Å². The number of benzene rings is 1. The van der Waals surface area contributed by atoms with Crippen LogP contribution in [0.1, 0.15) is 12.8 Å². The first-order chi connectivity index (χ1) is 7.24. The molecule has 1 saturated heterocycles. The molecule has 0 saturated carbocycles. The van der Waals surface area contributed by atoms with Crippen LogP contribution in [0, 0.1) is 17.7 Å². The van der Waals surface area contributed by atoms with E-state index in [1.165, 1.54) is 0 Å². The zero-order chi connectivity index (χ0) is 10.7. The molecule has 0 aromatic heterocycles. The minimum absolute atomic E-state index is 0.111. The Labute approximate surface area is 86.8 Å². The van der Waals surface area contributed by atoms with Gasteiger partial charge in [-0.25, -0.2) is 8.78 Å². The number of hydrogen-bond donors (Lipinski definition) is 0. The average molecular weight is 213 g/mol. The van der Waals surface area contributed by atoms with Crippen LogP contribution >= 0.6 is 0 Å². The molecular formula is C11H11F2O2. The van der Waals surface area contributed by atoms with Crippen LogP contribution in [0.25, 0.3) is 0 Å². The second kappa shape index (κ2) is 4.57. The highest BCUT2D eigenvalue weighted by Gasteiger charge is 2.16. The molecule has 1 aromatic carbocycles. The Hall–Kier alpha value is -1.16. The molecule has 0 spiro atoms. The van der Waals surface area contributed by atoms with Crippen molar-refractivity contribution in [1.29, 1.82) is 0 Å². The van der Waals surface area contributed by atoms with E-state index < -0.39 is 11.6 Å². The first-order valence-corrected chi connectivity index (χ1v) is 4.87. The summed E-state index contributed by atoms with van der Waals surface area (Å²) in [6, 6.07) is 4.15. The van der Waals surface area contributed by atoms with Gasteiger partial charge in [0.2, 0.25) is 0 Å². The molecule has 4 heteroatoms. The predicted octanol–water partition coefficient (Wildman–Crippen LogP) is 2.32. The third-order valence-electron chi connectivity index (χ3n) is 2.20. The lowest BCUT2D eigenvalue weighted by atomic mass is 10.2. The van der Waals surface area contributed by atoms with E-state index >= 15 is 0 Å². The summed E-state index contributed by atoms with van der Waals surface area (Å²) in [6.07, 6.45) is 1.65. The van der Waals surface area contributed by atoms with Gasteiger partial charge in [0.05, 0.1) is 12.7 Å². The molecule has 1 heterocycles. The van der Waals surface area contributed by atoms with E-state index in [-0.39, 0.29) is 11.9 Å². The highest BCUT2D eigenvalue weighted by molar-refractivity contribution is 5.23. The molecule has 0 bridgehead atoms. The Balaban J connectivity index is 2.02. The molecule has 81 valence electrons. The van der Waals surface area contributed by atoms with E-state index in [4.69, 9.17) is 9.47 Å². The van der Waals surface area contributed by atoms with Crippen molar-refractivity contribution >= 4 is 0 Å². The fraction of sp³-hybridized carbons (Fsp3) is 0.455. The van der Waals surface area contributed by atoms with Crippen molar-refractivity contribution in [3.8, 4) is 5.75 Å². The van der Waals surface area contributed by atoms with Crippen LogP contribution in [0.15, 0.2) is 12.1 Å². The monoisotopic (exact) mass is 213 g/mol. The van der Waals surface area contributed by atoms with Crippen molar-refractivity contribution in [2.75, 3.05) is 13.2 Å². The zero-order valence-corrected chi connectivity index (χ0v) is 8.13. The van der Waals surface area contributed by atoms with Crippen LogP contribution in [0.2, 0.25) is 0 Å². The fourth-order valence-electron chi connectivity index (χ4n) is 1.54. The topological polar surface area (TPSA) is 18.5 Å². The van der Waals surface area contributed by atoms with E-state index in [9.17, 15) is 8.78 Å². The molecule has 1 atom stereocenters. The summed E-state index contributed by atoms with van der Waals surface area (Å²) >= 11 is 0. The van der Waals surface area contributed by atoms with Gasteiger partial charge in [0.15, 0.2) is 0 Å². The van der Waals surface area contributed by atoms with Crippen LogP contribution in [0.3, 0.4) is 0 Å². The summed E-state index contributed by atoms with van der Waals surface area (Å²) < 4.78 is 36.1. The van der Waals surface area contributed by atoms with Gasteiger partial charge in [-0.2, -0.15) is 0 Å². The molecule has 1 aromatic rings. The lowest BCUT2D eigenvalue weighted by Crippen LogP contribution is -2.28. The van der Waals surface area contributed by atoms with Gasteiger partial charge in [-0.05, 0) is 12.8 Å². The second-order valence-electron chi connectivity index (χ2n) is 3.47. The molecule has 15 heavy (non-hydrogen) atoms. The Morgan fingerprint density at radius 2 is 2.07 bits per heavy atom. The van der Waals surface area contributed by atoms with E-state index in [0.29, 0.717) is 6.61 Å². The average Bonchev–Trinajstić information content (AvgIpc) is 2.17. The third kappa shape index (κ3) is 2.89. The number of rotatable bonds is 2. The smallest absolute Gasteiger partial charge is 0.137 e. The lowest BCUT2D eigenvalue weighted by Gasteiger charge is -2.23. The van der Waals surface area contributed by atoms with Gasteiger partial charge >= 0.3 is 0 Å². The lowest BCUT2D eigenvalue weighted by molar-refractivity contribution is 0.00718. The van der Waals surface area contributed by atoms with Crippen LogP contribution in [-0.2, 0) is 4.74 Å². The SMILES string of the molecule is Fc1[c]c(F)cc(OC2CCCOC2)c1. The number of hydrogen-bond acceptors (Lipinski definition) is 2. The fourth-order valence-corrected chi connectivity index (χ4v) is 1.54. The minimum Gasteiger partial charge on any atom is -0.488 e. The molecule has 1 aliphatic rings. The van der Waals surface area contributed by atoms with Gasteiger partial charge in [0.1, 0.15) is 23.5 Å². The molecule has 0 aliphatic carbocycles. The first kappa shape index (κ1) is 10.4. The van der Waals surface area contributed by atoms with Crippen molar-refractivity contribution in [2.24, 2.45) is 0 Å². The molecule has 1 unspecified atom stereocenters. The van der Waals surface area contributed by atoms with E-state index in [0.717, 1.165) is 31.6 Å². The maximum absolute atomic E-state index is 12.8. The third-order valence-corrected chi connectivity index (χ3v) is 2.20. The van der Waals surface area contributed by atoms with Gasteiger partial charge in [0.25, 0.3) is 0 Å². The largest absolute Gasteiger partial charge is 0.488 e. The first-order valence-electron chi connectivity index (χ1n) is 4.87. The molecule has 2 nitrogen and oxygen atoms in total. The van der Waals surface area contributed by atoms with Crippen molar-refractivity contribution in [2.45, 2.75) is 18.9 Å². The minimum atomic E-state index is -0.748. The number of ether oxygens (including phenoxy) is 2. The Bertz CT molecular complexity index is 315. The van der Waals surface area contributed by atoms with Crippen molar-refractivity contribution in [3.05, 3.63) is 29.8 Å². The van der Waals surface area contributed by atoms with Gasteiger partial charge in [-0.3, -0.25) is 0 Å². The van der Waals surface area contributed by atoms with Crippen LogP contribution in [0.4, 0.5) is 8.78 Å². The van der Waals surface area contributed by atoms with E-state index in [2.05, 4.69) is 0 Å². The van der Waals surface area contributed by atoms with Crippen LogP contribution < -0.4 is 4.74 Å². The molecule has 0 amide bonds. The standard InChI is InChI=1S/C11H11F2O2/c12-8-4-9(13)6-11(5-8)15-10-2-1-3-14-7-10/h5-6,10H,1-3,7H2. The summed E-state index contributed by atoms with van der Waals surface area (Å²) in [5.74, 6) is -1.30. The van der Waals surface area contributed by atoms with Crippen LogP contribution in [-0.4, -0.2) is 19.3 Å². The van der Waals surface area contributed by atoms with Gasteiger partial charge < -0.3 is 9.47 Å². The Morgan fingerprint density at radius 3 is 2.67 bits per heavy atom. The van der Waals surface area contributed by atoms with Crippen molar-refractivity contribution in [1.82, 2.24) is 0 Å². The Kier molecular flexibility index (Phi) is 3.16. The van der Waals surface area contributed by atoms with Crippen molar-refractivity contribution in [3.63, 3.8) is 0 Å². The van der Waals surface area contributed by atoms with E-state index in [1.54, 1.807) is 0 Å². The van der Waals surface area contributed by atoms with Gasteiger partial charge in [-0.1, -0.05) is 0 Å². The molecule has 1 radical (unpaired) electrons. The predicted molar refractivity (Wildman–Crippen MR) is 49.7 cm³/mol. The zero-order valence-electron chi connectivity index (χ0n) is 8.13. The normalized spacial score (nSPS) is 21.3. The summed E-state index contributed by atoms with van der Waals surface area (Å²) in [5, 5.41) is 0. The maximum Gasteiger partial charge on any atom is 0.137 e. The summed E-state index contributed by atoms with van der Waals surface area (Å²) in [7, 11) is 0. The van der Waals surface area contributed by atoms with Crippen molar-refractivity contribution < 1.29 is 18.3 Å². The highest BCUT2D eigenvalue weighted by Crippen LogP contribution is 2.19. The molecule has 0 N–H and O–H groups in total. The maximum atomic E-state index is 12.8. The quantitative estimate of drug-likeness (QED) is 0.750. The summed E-state index contributed by atoms with van der Waals surface area (Å²) in [5.41, 5.74) is 0. The second-order valence-corrected chi connectivity index (χ2v) is 3.47. The summed E-state index contributed by atoms with van der Waals surface area (Å²) in [4.78, 5) is 0. The van der Waals surface area contributed by atoms with Gasteiger partial charge in [-0.15, -0.1) is 0 Å².